The van der Waals surface area contributed by atoms with Crippen LogP contribution in [0.25, 0.3) is 0 Å². The molecule has 0 aliphatic heterocycles. The molecule has 0 fully saturated rings. The Morgan fingerprint density at radius 2 is 2.12 bits per heavy atom. The molecular formula is C11H21N3O2. The van der Waals surface area contributed by atoms with Crippen LogP contribution in [0.2, 0.25) is 0 Å². The summed E-state index contributed by atoms with van der Waals surface area (Å²) in [4.78, 5) is 0. The van der Waals surface area contributed by atoms with Crippen molar-refractivity contribution >= 4 is 0 Å². The molecule has 2 unspecified atom stereocenters. The Kier molecular flexibility index (Phi) is 4.92. The lowest BCUT2D eigenvalue weighted by Gasteiger charge is -2.16. The maximum absolute atomic E-state index is 9.88. The predicted molar refractivity (Wildman–Crippen MR) is 62.1 cm³/mol. The second-order valence-electron chi connectivity index (χ2n) is 4.25. The first-order valence-corrected chi connectivity index (χ1v) is 5.61. The smallest absolute Gasteiger partial charge is 0.108 e. The first-order chi connectivity index (χ1) is 7.56. The number of aliphatic hydroxyl groups excluding tert-OH is 2. The van der Waals surface area contributed by atoms with Crippen molar-refractivity contribution in [3.63, 3.8) is 0 Å². The third-order valence-electron chi connectivity index (χ3n) is 2.55. The molecule has 0 saturated carbocycles. The minimum Gasteiger partial charge on any atom is -0.390 e. The quantitative estimate of drug-likeness (QED) is 0.660. The lowest BCUT2D eigenvalue weighted by molar-refractivity contribution is 0.0139. The fourth-order valence-corrected chi connectivity index (χ4v) is 1.46. The van der Waals surface area contributed by atoms with Gasteiger partial charge in [-0.3, -0.25) is 4.68 Å². The van der Waals surface area contributed by atoms with Crippen molar-refractivity contribution in [1.29, 1.82) is 0 Å². The Morgan fingerprint density at radius 3 is 2.62 bits per heavy atom. The summed E-state index contributed by atoms with van der Waals surface area (Å²) in [6, 6.07) is 0.260. The highest BCUT2D eigenvalue weighted by Crippen LogP contribution is 2.19. The fraction of sp³-hybridized carbons (Fsp3) is 0.727. The van der Waals surface area contributed by atoms with Gasteiger partial charge in [0, 0.05) is 17.8 Å². The van der Waals surface area contributed by atoms with E-state index < -0.39 is 12.2 Å². The molecule has 5 nitrogen and oxygen atoms in total. The van der Waals surface area contributed by atoms with Crippen LogP contribution in [0.1, 0.15) is 38.0 Å². The van der Waals surface area contributed by atoms with Crippen LogP contribution in [0.4, 0.5) is 0 Å². The van der Waals surface area contributed by atoms with Crippen LogP contribution in [0.3, 0.4) is 0 Å². The molecule has 16 heavy (non-hydrogen) atoms. The number of hydrogen-bond donors (Lipinski definition) is 3. The summed E-state index contributed by atoms with van der Waals surface area (Å²) in [6.45, 7) is 4.71. The Bertz CT molecular complexity index is 312. The van der Waals surface area contributed by atoms with E-state index in [4.69, 9.17) is 0 Å². The molecule has 2 atom stereocenters. The Hall–Kier alpha value is -0.910. The molecule has 0 saturated heterocycles. The van der Waals surface area contributed by atoms with E-state index >= 15 is 0 Å². The molecule has 3 N–H and O–H groups in total. The van der Waals surface area contributed by atoms with Crippen molar-refractivity contribution in [2.24, 2.45) is 0 Å². The number of hydrogen-bond acceptors (Lipinski definition) is 4. The highest BCUT2D eigenvalue weighted by molar-refractivity contribution is 5.10. The molecule has 1 heterocycles. The first kappa shape index (κ1) is 13.2. The molecule has 1 rings (SSSR count). The lowest BCUT2D eigenvalue weighted by Crippen LogP contribution is -2.23. The van der Waals surface area contributed by atoms with Gasteiger partial charge in [0.25, 0.3) is 0 Å². The average Bonchev–Trinajstić information content (AvgIpc) is 2.74. The third kappa shape index (κ3) is 3.30. The van der Waals surface area contributed by atoms with E-state index in [9.17, 15) is 10.2 Å². The van der Waals surface area contributed by atoms with Gasteiger partial charge in [0.05, 0.1) is 12.3 Å². The minimum absolute atomic E-state index is 0.260. The lowest BCUT2D eigenvalue weighted by atomic mass is 10.1. The maximum Gasteiger partial charge on any atom is 0.108 e. The maximum atomic E-state index is 9.88. The van der Waals surface area contributed by atoms with Gasteiger partial charge in [-0.05, 0) is 33.9 Å². The van der Waals surface area contributed by atoms with Gasteiger partial charge in [0.1, 0.15) is 6.10 Å². The number of aromatic nitrogens is 2. The van der Waals surface area contributed by atoms with E-state index in [-0.39, 0.29) is 6.04 Å². The van der Waals surface area contributed by atoms with Gasteiger partial charge in [-0.25, -0.2) is 0 Å². The molecule has 5 heteroatoms. The van der Waals surface area contributed by atoms with Crippen LogP contribution < -0.4 is 5.32 Å². The monoisotopic (exact) mass is 227 g/mol. The fourth-order valence-electron chi connectivity index (χ4n) is 1.46. The summed E-state index contributed by atoms with van der Waals surface area (Å²) in [5.74, 6) is 0. The van der Waals surface area contributed by atoms with Crippen molar-refractivity contribution < 1.29 is 10.2 Å². The summed E-state index contributed by atoms with van der Waals surface area (Å²) in [5.41, 5.74) is 0.664. The van der Waals surface area contributed by atoms with Crippen molar-refractivity contribution in [3.8, 4) is 0 Å². The SMILES string of the molecule is CNCCC(O)C(O)c1cnn(C(C)C)c1. The molecule has 92 valence electrons. The molecule has 0 radical (unpaired) electrons. The largest absolute Gasteiger partial charge is 0.390 e. The summed E-state index contributed by atoms with van der Waals surface area (Å²) in [7, 11) is 1.82. The van der Waals surface area contributed by atoms with Crippen LogP contribution >= 0.6 is 0 Å². The van der Waals surface area contributed by atoms with Crippen LogP contribution in [-0.4, -0.2) is 39.7 Å². The second-order valence-corrected chi connectivity index (χ2v) is 4.25. The molecule has 0 bridgehead atoms. The summed E-state index contributed by atoms with van der Waals surface area (Å²) >= 11 is 0. The van der Waals surface area contributed by atoms with Crippen LogP contribution in [0.15, 0.2) is 12.4 Å². The van der Waals surface area contributed by atoms with Gasteiger partial charge in [-0.2, -0.15) is 5.10 Å². The molecule has 0 aromatic carbocycles. The summed E-state index contributed by atoms with van der Waals surface area (Å²) < 4.78 is 1.77. The Balaban J connectivity index is 2.60. The van der Waals surface area contributed by atoms with E-state index in [2.05, 4.69) is 10.4 Å². The van der Waals surface area contributed by atoms with Crippen molar-refractivity contribution in [1.82, 2.24) is 15.1 Å². The summed E-state index contributed by atoms with van der Waals surface area (Å²) in [5, 5.41) is 26.7. The third-order valence-corrected chi connectivity index (χ3v) is 2.55. The Labute approximate surface area is 96.1 Å². The standard InChI is InChI=1S/C11H21N3O2/c1-8(2)14-7-9(6-13-14)11(16)10(15)4-5-12-3/h6-8,10-12,15-16H,4-5H2,1-3H3. The van der Waals surface area contributed by atoms with Crippen LogP contribution in [0.5, 0.6) is 0 Å². The number of nitrogens with one attached hydrogen (secondary N) is 1. The molecule has 0 amide bonds. The van der Waals surface area contributed by atoms with Gasteiger partial charge in [0.2, 0.25) is 0 Å². The number of nitrogens with zero attached hydrogens (tertiary/aromatic N) is 2. The highest BCUT2D eigenvalue weighted by atomic mass is 16.3. The molecule has 1 aromatic rings. The van der Waals surface area contributed by atoms with Crippen molar-refractivity contribution in [2.45, 2.75) is 38.5 Å². The van der Waals surface area contributed by atoms with Gasteiger partial charge in [0.15, 0.2) is 0 Å². The summed E-state index contributed by atoms with van der Waals surface area (Å²) in [6.07, 6.45) is 2.29. The van der Waals surface area contributed by atoms with Crippen molar-refractivity contribution in [3.05, 3.63) is 18.0 Å². The predicted octanol–water partition coefficient (Wildman–Crippen LogP) is 0.468. The molecule has 0 aliphatic rings. The van der Waals surface area contributed by atoms with Gasteiger partial charge >= 0.3 is 0 Å². The minimum atomic E-state index is -0.860. The molecule has 0 spiro atoms. The van der Waals surface area contributed by atoms with E-state index in [1.165, 1.54) is 0 Å². The van der Waals surface area contributed by atoms with E-state index in [0.717, 1.165) is 0 Å². The van der Waals surface area contributed by atoms with E-state index in [1.54, 1.807) is 17.1 Å². The molecule has 0 aliphatic carbocycles. The van der Waals surface area contributed by atoms with Crippen molar-refractivity contribution in [2.75, 3.05) is 13.6 Å². The van der Waals surface area contributed by atoms with E-state index in [0.29, 0.717) is 18.5 Å². The van der Waals surface area contributed by atoms with Gasteiger partial charge in [-0.1, -0.05) is 0 Å². The van der Waals surface area contributed by atoms with Crippen LogP contribution in [-0.2, 0) is 0 Å². The topological polar surface area (TPSA) is 70.3 Å². The van der Waals surface area contributed by atoms with Gasteiger partial charge < -0.3 is 15.5 Å². The first-order valence-electron chi connectivity index (χ1n) is 5.61. The van der Waals surface area contributed by atoms with E-state index in [1.807, 2.05) is 20.9 Å². The number of rotatable bonds is 6. The molecule has 1 aromatic heterocycles. The highest BCUT2D eigenvalue weighted by Gasteiger charge is 2.19. The zero-order valence-electron chi connectivity index (χ0n) is 10.1. The zero-order valence-corrected chi connectivity index (χ0v) is 10.1. The van der Waals surface area contributed by atoms with Crippen LogP contribution in [0, 0.1) is 0 Å². The van der Waals surface area contributed by atoms with Gasteiger partial charge in [-0.15, -0.1) is 0 Å². The second kappa shape index (κ2) is 5.98. The molecular weight excluding hydrogens is 206 g/mol. The zero-order chi connectivity index (χ0) is 12.1. The Morgan fingerprint density at radius 1 is 1.44 bits per heavy atom. The number of aliphatic hydroxyl groups is 2. The normalized spacial score (nSPS) is 15.4. The average molecular weight is 227 g/mol.